The molecule has 0 aromatic rings. The second kappa shape index (κ2) is 5.77. The number of ketones is 1. The highest BCUT2D eigenvalue weighted by atomic mass is 32.3. The fourth-order valence-electron chi connectivity index (χ4n) is 7.25. The van der Waals surface area contributed by atoms with Gasteiger partial charge in [-0.25, -0.2) is 4.18 Å². The van der Waals surface area contributed by atoms with Gasteiger partial charge in [0.1, 0.15) is 5.78 Å². The molecule has 0 spiro atoms. The van der Waals surface area contributed by atoms with E-state index in [0.29, 0.717) is 35.9 Å². The Hall–Kier alpha value is -0.460. The average Bonchev–Trinajstić information content (AvgIpc) is 2.82. The summed E-state index contributed by atoms with van der Waals surface area (Å²) in [6.07, 6.45) is 8.19. The zero-order chi connectivity index (χ0) is 18.0. The normalized spacial score (nSPS) is 50.0. The predicted octanol–water partition coefficient (Wildman–Crippen LogP) is 3.79. The van der Waals surface area contributed by atoms with Crippen molar-refractivity contribution >= 4 is 16.2 Å². The number of rotatable bonds is 2. The van der Waals surface area contributed by atoms with Crippen molar-refractivity contribution in [2.24, 2.45) is 34.5 Å². The molecule has 5 nitrogen and oxygen atoms in total. The van der Waals surface area contributed by atoms with Gasteiger partial charge in [0.25, 0.3) is 0 Å². The number of carbonyl (C=O) groups excluding carboxylic acids is 1. The van der Waals surface area contributed by atoms with Crippen LogP contribution in [0, 0.1) is 34.5 Å². The molecule has 2 unspecified atom stereocenters. The Morgan fingerprint density at radius 1 is 1.04 bits per heavy atom. The summed E-state index contributed by atoms with van der Waals surface area (Å²) in [6.45, 7) is 4.59. The second-order valence-corrected chi connectivity index (χ2v) is 10.5. The minimum absolute atomic E-state index is 0.0877. The molecule has 25 heavy (non-hydrogen) atoms. The van der Waals surface area contributed by atoms with Gasteiger partial charge in [-0.15, -0.1) is 0 Å². The molecule has 0 amide bonds. The summed E-state index contributed by atoms with van der Waals surface area (Å²) < 4.78 is 36.0. The van der Waals surface area contributed by atoms with Crippen molar-refractivity contribution in [3.8, 4) is 0 Å². The molecule has 0 radical (unpaired) electrons. The van der Waals surface area contributed by atoms with Crippen LogP contribution in [0.25, 0.3) is 0 Å². The quantitative estimate of drug-likeness (QED) is 0.748. The molecule has 6 heteroatoms. The van der Waals surface area contributed by atoms with Crippen molar-refractivity contribution in [2.75, 3.05) is 0 Å². The summed E-state index contributed by atoms with van der Waals surface area (Å²) in [5, 5.41) is 0. The lowest BCUT2D eigenvalue weighted by Gasteiger charge is -2.60. The summed E-state index contributed by atoms with van der Waals surface area (Å²) in [7, 11) is -4.37. The molecule has 4 fully saturated rings. The molecule has 0 aliphatic heterocycles. The lowest BCUT2D eigenvalue weighted by molar-refractivity contribution is -0.141. The van der Waals surface area contributed by atoms with Gasteiger partial charge in [0.05, 0.1) is 6.10 Å². The van der Waals surface area contributed by atoms with E-state index in [4.69, 9.17) is 8.74 Å². The Labute approximate surface area is 150 Å². The largest absolute Gasteiger partial charge is 0.397 e. The fourth-order valence-corrected chi connectivity index (χ4v) is 7.77. The highest BCUT2D eigenvalue weighted by Crippen LogP contribution is 2.65. The molecule has 0 heterocycles. The van der Waals surface area contributed by atoms with Crippen molar-refractivity contribution in [1.29, 1.82) is 0 Å². The fraction of sp³-hybridized carbons (Fsp3) is 0.947. The van der Waals surface area contributed by atoms with Crippen molar-refractivity contribution in [3.05, 3.63) is 0 Å². The van der Waals surface area contributed by atoms with Gasteiger partial charge in [0, 0.05) is 11.8 Å². The van der Waals surface area contributed by atoms with Crippen LogP contribution in [0.2, 0.25) is 0 Å². The molecule has 0 bridgehead atoms. The third kappa shape index (κ3) is 2.79. The van der Waals surface area contributed by atoms with E-state index in [0.717, 1.165) is 51.4 Å². The Kier molecular flexibility index (Phi) is 4.14. The van der Waals surface area contributed by atoms with Gasteiger partial charge in [0.15, 0.2) is 0 Å². The van der Waals surface area contributed by atoms with Crippen LogP contribution in [0.4, 0.5) is 0 Å². The van der Waals surface area contributed by atoms with Crippen molar-refractivity contribution in [2.45, 2.75) is 77.7 Å². The maximum atomic E-state index is 12.4. The van der Waals surface area contributed by atoms with Gasteiger partial charge in [-0.1, -0.05) is 13.8 Å². The second-order valence-electron chi connectivity index (χ2n) is 9.50. The van der Waals surface area contributed by atoms with E-state index >= 15 is 0 Å². The number of Topliss-reactive ketones (excluding diaryl/α,β-unsaturated/α-hetero) is 1. The molecule has 4 saturated carbocycles. The maximum Gasteiger partial charge on any atom is 0.397 e. The van der Waals surface area contributed by atoms with Crippen LogP contribution in [-0.4, -0.2) is 24.9 Å². The molecular weight excluding hydrogens is 340 g/mol. The van der Waals surface area contributed by atoms with Gasteiger partial charge in [-0.05, 0) is 80.5 Å². The molecule has 4 aliphatic rings. The standard InChI is InChI=1S/C19H30O5S/c1-18-9-7-13(24-25(21,22)23)11-12(18)3-4-14-15-5-6-17(20)19(15,2)10-8-16(14)18/h12-16H,3-11H2,1-2H3,(H,21,22,23)/t12?,13?,14-,15-,16-,18-,19-/m0/s1. The van der Waals surface area contributed by atoms with Crippen molar-refractivity contribution < 1.29 is 21.9 Å². The summed E-state index contributed by atoms with van der Waals surface area (Å²) >= 11 is 0. The van der Waals surface area contributed by atoms with Gasteiger partial charge in [0.2, 0.25) is 0 Å². The first kappa shape index (κ1) is 17.9. The van der Waals surface area contributed by atoms with E-state index < -0.39 is 10.4 Å². The van der Waals surface area contributed by atoms with E-state index in [9.17, 15) is 13.2 Å². The third-order valence-corrected chi connectivity index (χ3v) is 9.10. The molecule has 142 valence electrons. The lowest BCUT2D eigenvalue weighted by Crippen LogP contribution is -2.54. The highest BCUT2D eigenvalue weighted by molar-refractivity contribution is 7.80. The number of carbonyl (C=O) groups is 1. The maximum absolute atomic E-state index is 12.4. The minimum atomic E-state index is -4.37. The van der Waals surface area contributed by atoms with Crippen molar-refractivity contribution in [3.63, 3.8) is 0 Å². The Bertz CT molecular complexity index is 673. The number of fused-ring (bicyclic) bond motifs is 5. The van der Waals surface area contributed by atoms with Crippen LogP contribution in [0.5, 0.6) is 0 Å². The molecule has 0 saturated heterocycles. The van der Waals surface area contributed by atoms with Crippen LogP contribution in [0.3, 0.4) is 0 Å². The van der Waals surface area contributed by atoms with Crippen LogP contribution in [-0.2, 0) is 19.4 Å². The smallest absolute Gasteiger partial charge is 0.299 e. The van der Waals surface area contributed by atoms with Gasteiger partial charge in [-0.2, -0.15) is 8.42 Å². The first-order chi connectivity index (χ1) is 11.6. The van der Waals surface area contributed by atoms with Gasteiger partial charge in [-0.3, -0.25) is 9.35 Å². The first-order valence-corrected chi connectivity index (χ1v) is 11.2. The topological polar surface area (TPSA) is 80.7 Å². The van der Waals surface area contributed by atoms with Crippen LogP contribution >= 0.6 is 0 Å². The summed E-state index contributed by atoms with van der Waals surface area (Å²) in [4.78, 5) is 12.4. The summed E-state index contributed by atoms with van der Waals surface area (Å²) in [5.41, 5.74) is 0.130. The lowest BCUT2D eigenvalue weighted by atomic mass is 9.45. The minimum Gasteiger partial charge on any atom is -0.299 e. The zero-order valence-electron chi connectivity index (χ0n) is 15.2. The Morgan fingerprint density at radius 3 is 2.52 bits per heavy atom. The van der Waals surface area contributed by atoms with Gasteiger partial charge < -0.3 is 0 Å². The van der Waals surface area contributed by atoms with Crippen LogP contribution < -0.4 is 0 Å². The SMILES string of the molecule is C[C@]12CCC(OS(=O)(=O)O)CC1CC[C@@H]1[C@@H]2CC[C@]2(C)C(=O)CC[C@@H]12. The average molecular weight is 371 g/mol. The monoisotopic (exact) mass is 370 g/mol. The first-order valence-electron chi connectivity index (χ1n) is 9.82. The van der Waals surface area contributed by atoms with E-state index in [1.807, 2.05) is 0 Å². The van der Waals surface area contributed by atoms with E-state index in [1.165, 1.54) is 0 Å². The Balaban J connectivity index is 1.54. The molecule has 1 N–H and O–H groups in total. The highest BCUT2D eigenvalue weighted by Gasteiger charge is 2.60. The molecule has 0 aromatic carbocycles. The number of hydrogen-bond acceptors (Lipinski definition) is 4. The third-order valence-electron chi connectivity index (χ3n) is 8.58. The van der Waals surface area contributed by atoms with E-state index in [2.05, 4.69) is 13.8 Å². The van der Waals surface area contributed by atoms with Crippen molar-refractivity contribution in [1.82, 2.24) is 0 Å². The van der Waals surface area contributed by atoms with Gasteiger partial charge >= 0.3 is 10.4 Å². The van der Waals surface area contributed by atoms with Crippen LogP contribution in [0.15, 0.2) is 0 Å². The van der Waals surface area contributed by atoms with E-state index in [1.54, 1.807) is 0 Å². The Morgan fingerprint density at radius 2 is 1.80 bits per heavy atom. The van der Waals surface area contributed by atoms with Crippen LogP contribution in [0.1, 0.15) is 71.6 Å². The van der Waals surface area contributed by atoms with E-state index in [-0.39, 0.29) is 16.9 Å². The zero-order valence-corrected chi connectivity index (χ0v) is 16.1. The molecule has 0 aromatic heterocycles. The predicted molar refractivity (Wildman–Crippen MR) is 93.2 cm³/mol. The number of hydrogen-bond donors (Lipinski definition) is 1. The summed E-state index contributed by atoms with van der Waals surface area (Å²) in [6, 6.07) is 0. The molecular formula is C19H30O5S. The molecule has 4 aliphatic carbocycles. The molecule has 4 rings (SSSR count). The summed E-state index contributed by atoms with van der Waals surface area (Å²) in [5.74, 6) is 2.76. The molecule has 7 atom stereocenters.